The lowest BCUT2D eigenvalue weighted by Gasteiger charge is -2.21. The van der Waals surface area contributed by atoms with Crippen molar-refractivity contribution in [1.29, 1.82) is 0 Å². The van der Waals surface area contributed by atoms with Gasteiger partial charge in [0.15, 0.2) is 6.20 Å². The molecule has 1 aromatic heterocycles. The topological polar surface area (TPSA) is 50.5 Å². The van der Waals surface area contributed by atoms with Crippen molar-refractivity contribution in [3.8, 4) is 0 Å². The van der Waals surface area contributed by atoms with Gasteiger partial charge in [0.25, 0.3) is 5.69 Å². The van der Waals surface area contributed by atoms with E-state index in [0.29, 0.717) is 18.7 Å². The van der Waals surface area contributed by atoms with Crippen LogP contribution in [-0.4, -0.2) is 36.5 Å². The van der Waals surface area contributed by atoms with Gasteiger partial charge in [-0.3, -0.25) is 4.79 Å². The SMILES string of the molecule is COC(=O)[C@@H]1CCCN1C(=O)c1cccc[n+]1C. The molecule has 0 unspecified atom stereocenters. The van der Waals surface area contributed by atoms with Crippen LogP contribution in [0.5, 0.6) is 0 Å². The summed E-state index contributed by atoms with van der Waals surface area (Å²) < 4.78 is 6.50. The van der Waals surface area contributed by atoms with E-state index in [4.69, 9.17) is 4.74 Å². The molecule has 1 atom stereocenters. The Kier molecular flexibility index (Phi) is 3.60. The maximum atomic E-state index is 12.4. The van der Waals surface area contributed by atoms with Gasteiger partial charge in [0.1, 0.15) is 13.1 Å². The predicted octanol–water partition coefficient (Wildman–Crippen LogP) is 0.289. The van der Waals surface area contributed by atoms with Crippen molar-refractivity contribution in [1.82, 2.24) is 4.90 Å². The lowest BCUT2D eigenvalue weighted by molar-refractivity contribution is -0.673. The van der Waals surface area contributed by atoms with Gasteiger partial charge in [-0.2, -0.15) is 4.57 Å². The first-order valence-electron chi connectivity index (χ1n) is 5.98. The van der Waals surface area contributed by atoms with E-state index in [9.17, 15) is 9.59 Å². The average Bonchev–Trinajstić information content (AvgIpc) is 2.86. The normalized spacial score (nSPS) is 18.8. The zero-order chi connectivity index (χ0) is 13.1. The number of carbonyl (C=O) groups is 2. The molecule has 0 aliphatic carbocycles. The van der Waals surface area contributed by atoms with Crippen LogP contribution in [0.4, 0.5) is 0 Å². The molecule has 2 heterocycles. The van der Waals surface area contributed by atoms with Crippen molar-refractivity contribution >= 4 is 11.9 Å². The molecule has 1 fully saturated rings. The molecule has 1 aromatic rings. The minimum absolute atomic E-state index is 0.119. The number of likely N-dealkylation sites (tertiary alicyclic amines) is 1. The van der Waals surface area contributed by atoms with Crippen molar-refractivity contribution < 1.29 is 18.9 Å². The summed E-state index contributed by atoms with van der Waals surface area (Å²) in [5, 5.41) is 0. The van der Waals surface area contributed by atoms with E-state index in [2.05, 4.69) is 0 Å². The van der Waals surface area contributed by atoms with Gasteiger partial charge in [0.2, 0.25) is 0 Å². The summed E-state index contributed by atoms with van der Waals surface area (Å²) in [7, 11) is 3.17. The Morgan fingerprint density at radius 3 is 2.89 bits per heavy atom. The van der Waals surface area contributed by atoms with Crippen molar-refractivity contribution in [2.24, 2.45) is 7.05 Å². The van der Waals surface area contributed by atoms with Gasteiger partial charge in [-0.15, -0.1) is 0 Å². The highest BCUT2D eigenvalue weighted by atomic mass is 16.5. The third-order valence-electron chi connectivity index (χ3n) is 3.26. The first kappa shape index (κ1) is 12.5. The molecule has 0 aromatic carbocycles. The highest BCUT2D eigenvalue weighted by molar-refractivity contribution is 5.94. The van der Waals surface area contributed by atoms with Crippen molar-refractivity contribution in [2.75, 3.05) is 13.7 Å². The molecule has 1 saturated heterocycles. The number of esters is 1. The van der Waals surface area contributed by atoms with E-state index >= 15 is 0 Å². The standard InChI is InChI=1S/C13H17N2O3/c1-14-8-4-3-6-10(14)12(16)15-9-5-7-11(15)13(17)18-2/h3-4,6,8,11H,5,7,9H2,1-2H3/q+1/t11-/m0/s1. The molecule has 0 saturated carbocycles. The summed E-state index contributed by atoms with van der Waals surface area (Å²) >= 11 is 0. The Morgan fingerprint density at radius 2 is 2.22 bits per heavy atom. The second-order valence-electron chi connectivity index (χ2n) is 4.38. The largest absolute Gasteiger partial charge is 0.467 e. The third kappa shape index (κ3) is 2.20. The number of pyridine rings is 1. The number of amides is 1. The molecular weight excluding hydrogens is 232 g/mol. The van der Waals surface area contributed by atoms with Gasteiger partial charge < -0.3 is 9.64 Å². The number of ether oxygens (including phenoxy) is 1. The summed E-state index contributed by atoms with van der Waals surface area (Å²) in [5.74, 6) is -0.453. The first-order valence-corrected chi connectivity index (χ1v) is 5.98. The van der Waals surface area contributed by atoms with Crippen LogP contribution >= 0.6 is 0 Å². The number of rotatable bonds is 2. The minimum Gasteiger partial charge on any atom is -0.467 e. The van der Waals surface area contributed by atoms with Crippen molar-refractivity contribution in [2.45, 2.75) is 18.9 Å². The Balaban J connectivity index is 2.23. The number of hydrogen-bond donors (Lipinski definition) is 0. The van der Waals surface area contributed by atoms with Gasteiger partial charge in [0, 0.05) is 18.7 Å². The van der Waals surface area contributed by atoms with Gasteiger partial charge in [-0.1, -0.05) is 0 Å². The fourth-order valence-electron chi connectivity index (χ4n) is 2.28. The number of hydrogen-bond acceptors (Lipinski definition) is 3. The maximum Gasteiger partial charge on any atom is 0.328 e. The quantitative estimate of drug-likeness (QED) is 0.559. The number of methoxy groups -OCH3 is 1. The summed E-state index contributed by atoms with van der Waals surface area (Å²) in [6.45, 7) is 0.605. The van der Waals surface area contributed by atoms with E-state index in [1.807, 2.05) is 25.4 Å². The van der Waals surface area contributed by atoms with Gasteiger partial charge in [-0.25, -0.2) is 4.79 Å². The molecule has 1 aliphatic rings. The molecule has 1 aliphatic heterocycles. The van der Waals surface area contributed by atoms with Crippen molar-refractivity contribution in [3.63, 3.8) is 0 Å². The maximum absolute atomic E-state index is 12.4. The Labute approximate surface area is 106 Å². The molecule has 0 bridgehead atoms. The lowest BCUT2D eigenvalue weighted by Crippen LogP contribution is -2.46. The zero-order valence-electron chi connectivity index (χ0n) is 10.6. The van der Waals surface area contributed by atoms with Crippen LogP contribution in [0.3, 0.4) is 0 Å². The molecule has 0 radical (unpaired) electrons. The highest BCUT2D eigenvalue weighted by Crippen LogP contribution is 2.20. The van der Waals surface area contributed by atoms with Crippen LogP contribution in [0.2, 0.25) is 0 Å². The van der Waals surface area contributed by atoms with Crippen LogP contribution < -0.4 is 4.57 Å². The molecule has 2 rings (SSSR count). The predicted molar refractivity (Wildman–Crippen MR) is 63.7 cm³/mol. The molecule has 5 heteroatoms. The van der Waals surface area contributed by atoms with E-state index in [0.717, 1.165) is 6.42 Å². The monoisotopic (exact) mass is 249 g/mol. The van der Waals surface area contributed by atoms with Crippen LogP contribution in [0.15, 0.2) is 24.4 Å². The smallest absolute Gasteiger partial charge is 0.328 e. The first-order chi connectivity index (χ1) is 8.65. The lowest BCUT2D eigenvalue weighted by atomic mass is 10.2. The number of aromatic nitrogens is 1. The molecule has 0 spiro atoms. The van der Waals surface area contributed by atoms with Crippen molar-refractivity contribution in [3.05, 3.63) is 30.1 Å². The Bertz CT molecular complexity index is 473. The van der Waals surface area contributed by atoms with Crippen LogP contribution in [0.25, 0.3) is 0 Å². The fraction of sp³-hybridized carbons (Fsp3) is 0.462. The summed E-state index contributed by atoms with van der Waals surface area (Å²) in [6.07, 6.45) is 3.33. The summed E-state index contributed by atoms with van der Waals surface area (Å²) in [5.41, 5.74) is 0.577. The highest BCUT2D eigenvalue weighted by Gasteiger charge is 2.37. The second kappa shape index (κ2) is 5.16. The number of carbonyl (C=O) groups excluding carboxylic acids is 2. The summed E-state index contributed by atoms with van der Waals surface area (Å²) in [4.78, 5) is 25.6. The molecule has 18 heavy (non-hydrogen) atoms. The van der Waals surface area contributed by atoms with Gasteiger partial charge in [0.05, 0.1) is 7.11 Å². The third-order valence-corrected chi connectivity index (χ3v) is 3.26. The summed E-state index contributed by atoms with van der Waals surface area (Å²) in [6, 6.07) is 4.99. The Hall–Kier alpha value is -1.91. The van der Waals surface area contributed by atoms with Gasteiger partial charge >= 0.3 is 11.9 Å². The molecular formula is C13H17N2O3+. The minimum atomic E-state index is -0.442. The van der Waals surface area contributed by atoms with E-state index < -0.39 is 6.04 Å². The molecule has 96 valence electrons. The molecule has 0 N–H and O–H groups in total. The molecule has 5 nitrogen and oxygen atoms in total. The van der Waals surface area contributed by atoms with Crippen LogP contribution in [-0.2, 0) is 16.6 Å². The molecule has 1 amide bonds. The van der Waals surface area contributed by atoms with E-state index in [1.165, 1.54) is 7.11 Å². The second-order valence-corrected chi connectivity index (χ2v) is 4.38. The number of nitrogens with zero attached hydrogens (tertiary/aromatic N) is 2. The average molecular weight is 249 g/mol. The Morgan fingerprint density at radius 1 is 1.44 bits per heavy atom. The van der Waals surface area contributed by atoms with Gasteiger partial charge in [-0.05, 0) is 18.9 Å². The van der Waals surface area contributed by atoms with E-state index in [1.54, 1.807) is 15.5 Å². The zero-order valence-corrected chi connectivity index (χ0v) is 10.6. The fourth-order valence-corrected chi connectivity index (χ4v) is 2.28. The van der Waals surface area contributed by atoms with Crippen LogP contribution in [0, 0.1) is 0 Å². The van der Waals surface area contributed by atoms with Crippen LogP contribution in [0.1, 0.15) is 23.3 Å². The van der Waals surface area contributed by atoms with E-state index in [-0.39, 0.29) is 11.9 Å². The number of aryl methyl sites for hydroxylation is 1.